The van der Waals surface area contributed by atoms with Crippen LogP contribution >= 0.6 is 0 Å². The van der Waals surface area contributed by atoms with Crippen LogP contribution in [0.1, 0.15) is 75.0 Å². The van der Waals surface area contributed by atoms with Gasteiger partial charge < -0.3 is 15.4 Å². The molecule has 1 heterocycles. The molecule has 0 saturated carbocycles. The van der Waals surface area contributed by atoms with Gasteiger partial charge in [-0.25, -0.2) is 9.97 Å². The van der Waals surface area contributed by atoms with Crippen LogP contribution in [0.3, 0.4) is 0 Å². The van der Waals surface area contributed by atoms with Crippen LogP contribution in [0.4, 0.5) is 5.95 Å². The first-order valence-corrected chi connectivity index (χ1v) is 9.78. The van der Waals surface area contributed by atoms with Gasteiger partial charge in [0.15, 0.2) is 0 Å². The molecule has 152 valence electrons. The van der Waals surface area contributed by atoms with Crippen LogP contribution in [0.25, 0.3) is 0 Å². The molecule has 0 radical (unpaired) electrons. The average Bonchev–Trinajstić information content (AvgIpc) is 2.61. The Labute approximate surface area is 168 Å². The number of aromatic nitrogens is 2. The molecule has 2 N–H and O–H groups in total. The molecule has 28 heavy (non-hydrogen) atoms. The second-order valence-electron chi connectivity index (χ2n) is 7.94. The lowest BCUT2D eigenvalue weighted by Gasteiger charge is -2.24. The lowest BCUT2D eigenvalue weighted by Crippen LogP contribution is -2.33. The number of hydrogen-bond acceptors (Lipinski definition) is 5. The maximum atomic E-state index is 13.0. The van der Waals surface area contributed by atoms with Crippen molar-refractivity contribution in [3.63, 3.8) is 0 Å². The largest absolute Gasteiger partial charge is 0.484 e. The monoisotopic (exact) mass is 384 g/mol. The van der Waals surface area contributed by atoms with Crippen molar-refractivity contribution in [2.45, 2.75) is 60.0 Å². The second kappa shape index (κ2) is 8.59. The molecule has 2 aromatic rings. The van der Waals surface area contributed by atoms with Gasteiger partial charge in [0.2, 0.25) is 5.95 Å². The van der Waals surface area contributed by atoms with Crippen LogP contribution in [0.2, 0.25) is 0 Å². The molecule has 0 aliphatic carbocycles. The Hall–Kier alpha value is -2.63. The summed E-state index contributed by atoms with van der Waals surface area (Å²) in [6.45, 7) is 15.3. The van der Waals surface area contributed by atoms with Gasteiger partial charge in [-0.3, -0.25) is 4.79 Å². The number of nitrogen functional groups attached to an aromatic ring is 1. The van der Waals surface area contributed by atoms with Crippen LogP contribution in [0, 0.1) is 6.92 Å². The van der Waals surface area contributed by atoms with E-state index < -0.39 is 6.10 Å². The molecule has 1 amide bonds. The van der Waals surface area contributed by atoms with E-state index in [1.165, 1.54) is 5.56 Å². The van der Waals surface area contributed by atoms with E-state index in [0.717, 1.165) is 5.75 Å². The Bertz CT molecular complexity index is 822. The van der Waals surface area contributed by atoms with Crippen molar-refractivity contribution < 1.29 is 9.53 Å². The fourth-order valence-electron chi connectivity index (χ4n) is 3.14. The first-order chi connectivity index (χ1) is 13.1. The highest BCUT2D eigenvalue weighted by Gasteiger charge is 2.26. The van der Waals surface area contributed by atoms with Crippen molar-refractivity contribution >= 4 is 11.9 Å². The maximum absolute atomic E-state index is 13.0. The normalized spacial score (nSPS) is 12.5. The molecule has 0 fully saturated rings. The number of carbonyl (C=O) groups is 1. The molecule has 6 heteroatoms. The SMILES string of the molecule is CCN(CC)C(=O)c1c(C)nc(N)nc1C(C)Oc1ccc(C(C)(C)C)cc1. The lowest BCUT2D eigenvalue weighted by molar-refractivity contribution is 0.0765. The van der Waals surface area contributed by atoms with Gasteiger partial charge in [0.25, 0.3) is 5.91 Å². The quantitative estimate of drug-likeness (QED) is 0.803. The molecule has 1 unspecified atom stereocenters. The molecule has 2 rings (SSSR count). The summed E-state index contributed by atoms with van der Waals surface area (Å²) < 4.78 is 6.10. The Kier molecular flexibility index (Phi) is 6.65. The highest BCUT2D eigenvalue weighted by Crippen LogP contribution is 2.28. The van der Waals surface area contributed by atoms with E-state index in [0.29, 0.717) is 30.0 Å². The van der Waals surface area contributed by atoms with Crippen LogP contribution in [0.5, 0.6) is 5.75 Å². The number of nitrogens with two attached hydrogens (primary N) is 1. The van der Waals surface area contributed by atoms with Gasteiger partial charge in [-0.15, -0.1) is 0 Å². The molecule has 0 aliphatic heterocycles. The van der Waals surface area contributed by atoms with Gasteiger partial charge >= 0.3 is 0 Å². The average molecular weight is 385 g/mol. The number of benzene rings is 1. The fraction of sp³-hybridized carbons (Fsp3) is 0.500. The summed E-state index contributed by atoms with van der Waals surface area (Å²) in [6, 6.07) is 8.01. The molecule has 1 aromatic carbocycles. The number of amides is 1. The van der Waals surface area contributed by atoms with Gasteiger partial charge in [0.05, 0.1) is 17.0 Å². The number of aryl methyl sites for hydroxylation is 1. The van der Waals surface area contributed by atoms with Crippen molar-refractivity contribution in [1.29, 1.82) is 0 Å². The van der Waals surface area contributed by atoms with Gasteiger partial charge in [0.1, 0.15) is 11.9 Å². The number of nitrogens with zero attached hydrogens (tertiary/aromatic N) is 3. The predicted molar refractivity (Wildman–Crippen MR) is 113 cm³/mol. The minimum absolute atomic E-state index is 0.0751. The number of rotatable bonds is 6. The molecule has 1 atom stereocenters. The zero-order valence-corrected chi connectivity index (χ0v) is 18.0. The number of anilines is 1. The Morgan fingerprint density at radius 2 is 1.71 bits per heavy atom. The number of hydrogen-bond donors (Lipinski definition) is 1. The standard InChI is InChI=1S/C22H32N4O2/c1-8-26(9-2)20(27)18-14(3)24-21(23)25-19(18)15(4)28-17-12-10-16(11-13-17)22(5,6)7/h10-13,15H,8-9H2,1-7H3,(H2,23,24,25). The topological polar surface area (TPSA) is 81.3 Å². The van der Waals surface area contributed by atoms with Crippen LogP contribution < -0.4 is 10.5 Å². The van der Waals surface area contributed by atoms with Crippen molar-refractivity contribution in [2.75, 3.05) is 18.8 Å². The van der Waals surface area contributed by atoms with E-state index in [2.05, 4.69) is 42.9 Å². The third-order valence-electron chi connectivity index (χ3n) is 4.82. The molecule has 0 aliphatic rings. The van der Waals surface area contributed by atoms with Gasteiger partial charge in [-0.2, -0.15) is 0 Å². The van der Waals surface area contributed by atoms with Gasteiger partial charge in [0, 0.05) is 13.1 Å². The van der Waals surface area contributed by atoms with Crippen molar-refractivity contribution in [3.8, 4) is 5.75 Å². The summed E-state index contributed by atoms with van der Waals surface area (Å²) in [7, 11) is 0. The first kappa shape index (κ1) is 21.7. The number of ether oxygens (including phenoxy) is 1. The van der Waals surface area contributed by atoms with Crippen molar-refractivity contribution in [2.24, 2.45) is 0 Å². The molecular weight excluding hydrogens is 352 g/mol. The van der Waals surface area contributed by atoms with E-state index in [4.69, 9.17) is 10.5 Å². The molecule has 0 bridgehead atoms. The van der Waals surface area contributed by atoms with Gasteiger partial charge in [-0.05, 0) is 50.8 Å². The van der Waals surface area contributed by atoms with E-state index in [-0.39, 0.29) is 17.3 Å². The van der Waals surface area contributed by atoms with E-state index in [1.54, 1.807) is 11.8 Å². The fourth-order valence-corrected chi connectivity index (χ4v) is 3.14. The summed E-state index contributed by atoms with van der Waals surface area (Å²) >= 11 is 0. The smallest absolute Gasteiger partial charge is 0.257 e. The number of carbonyl (C=O) groups excluding carboxylic acids is 1. The van der Waals surface area contributed by atoms with Gasteiger partial charge in [-0.1, -0.05) is 32.9 Å². The molecular formula is C22H32N4O2. The second-order valence-corrected chi connectivity index (χ2v) is 7.94. The predicted octanol–water partition coefficient (Wildman–Crippen LogP) is 4.29. The third kappa shape index (κ3) is 4.80. The first-order valence-electron chi connectivity index (χ1n) is 9.78. The molecule has 1 aromatic heterocycles. The Balaban J connectivity index is 2.37. The summed E-state index contributed by atoms with van der Waals surface area (Å²) in [6.07, 6.45) is -0.445. The summed E-state index contributed by atoms with van der Waals surface area (Å²) in [5.41, 5.74) is 8.72. The van der Waals surface area contributed by atoms with Crippen LogP contribution in [-0.2, 0) is 5.41 Å². The minimum Gasteiger partial charge on any atom is -0.484 e. The summed E-state index contributed by atoms with van der Waals surface area (Å²) in [5.74, 6) is 0.759. The lowest BCUT2D eigenvalue weighted by atomic mass is 9.87. The zero-order valence-electron chi connectivity index (χ0n) is 18.0. The zero-order chi connectivity index (χ0) is 21.1. The molecule has 0 saturated heterocycles. The van der Waals surface area contributed by atoms with Crippen molar-refractivity contribution in [3.05, 3.63) is 46.8 Å². The Morgan fingerprint density at radius 1 is 1.14 bits per heavy atom. The molecule has 6 nitrogen and oxygen atoms in total. The van der Waals surface area contributed by atoms with E-state index in [9.17, 15) is 4.79 Å². The molecule has 0 spiro atoms. The van der Waals surface area contributed by atoms with Crippen molar-refractivity contribution in [1.82, 2.24) is 14.9 Å². The summed E-state index contributed by atoms with van der Waals surface area (Å²) in [4.78, 5) is 23.3. The van der Waals surface area contributed by atoms with Crippen LogP contribution in [0.15, 0.2) is 24.3 Å². The highest BCUT2D eigenvalue weighted by molar-refractivity contribution is 5.96. The maximum Gasteiger partial charge on any atom is 0.257 e. The van der Waals surface area contributed by atoms with Crippen LogP contribution in [-0.4, -0.2) is 33.9 Å². The third-order valence-corrected chi connectivity index (χ3v) is 4.82. The highest BCUT2D eigenvalue weighted by atomic mass is 16.5. The summed E-state index contributed by atoms with van der Waals surface area (Å²) in [5, 5.41) is 0. The van der Waals surface area contributed by atoms with E-state index >= 15 is 0 Å². The minimum atomic E-state index is -0.445. The Morgan fingerprint density at radius 3 is 2.21 bits per heavy atom. The van der Waals surface area contributed by atoms with E-state index in [1.807, 2.05) is 32.9 Å².